The van der Waals surface area contributed by atoms with Crippen LogP contribution in [0, 0.1) is 6.92 Å². The second kappa shape index (κ2) is 6.61. The van der Waals surface area contributed by atoms with E-state index in [1.807, 2.05) is 12.1 Å². The second-order valence-corrected chi connectivity index (χ2v) is 7.90. The SMILES string of the molecule is CC(=O)CN1CCN(C2=Nc3ccccc3Nc3sc(C)cc32)CC1. The topological polar surface area (TPSA) is 47.9 Å². The Morgan fingerprint density at radius 3 is 2.76 bits per heavy atom. The summed E-state index contributed by atoms with van der Waals surface area (Å²) in [6.45, 7) is 7.91. The van der Waals surface area contributed by atoms with Crippen LogP contribution >= 0.6 is 11.3 Å². The number of rotatable bonds is 2. The summed E-state index contributed by atoms with van der Waals surface area (Å²) in [6, 6.07) is 10.4. The number of aliphatic imine (C=N–C) groups is 1. The first-order valence-electron chi connectivity index (χ1n) is 8.62. The molecule has 6 heteroatoms. The van der Waals surface area contributed by atoms with Gasteiger partial charge in [-0.25, -0.2) is 4.99 Å². The number of thiophene rings is 1. The molecule has 3 heterocycles. The summed E-state index contributed by atoms with van der Waals surface area (Å²) < 4.78 is 0. The zero-order valence-electron chi connectivity index (χ0n) is 14.6. The first-order valence-corrected chi connectivity index (χ1v) is 9.44. The van der Waals surface area contributed by atoms with Crippen LogP contribution in [0.3, 0.4) is 0 Å². The predicted octanol–water partition coefficient (Wildman–Crippen LogP) is 3.40. The summed E-state index contributed by atoms with van der Waals surface area (Å²) in [7, 11) is 0. The smallest absolute Gasteiger partial charge is 0.143 e. The van der Waals surface area contributed by atoms with E-state index in [9.17, 15) is 4.79 Å². The average molecular weight is 354 g/mol. The molecule has 4 rings (SSSR count). The van der Waals surface area contributed by atoms with Gasteiger partial charge < -0.3 is 10.2 Å². The van der Waals surface area contributed by atoms with E-state index in [0.29, 0.717) is 6.54 Å². The first kappa shape index (κ1) is 16.3. The zero-order valence-corrected chi connectivity index (χ0v) is 15.4. The third-order valence-corrected chi connectivity index (χ3v) is 5.56. The average Bonchev–Trinajstić information content (AvgIpc) is 2.87. The van der Waals surface area contributed by atoms with Crippen LogP contribution in [0.2, 0.25) is 0 Å². The fourth-order valence-electron chi connectivity index (χ4n) is 3.42. The molecule has 0 spiro atoms. The van der Waals surface area contributed by atoms with Gasteiger partial charge in [0.25, 0.3) is 0 Å². The van der Waals surface area contributed by atoms with Gasteiger partial charge in [-0.3, -0.25) is 9.69 Å². The molecule has 130 valence electrons. The van der Waals surface area contributed by atoms with Gasteiger partial charge in [0.15, 0.2) is 0 Å². The molecule has 1 N–H and O–H groups in total. The van der Waals surface area contributed by atoms with Gasteiger partial charge in [-0.15, -0.1) is 11.3 Å². The van der Waals surface area contributed by atoms with E-state index in [1.165, 1.54) is 10.4 Å². The minimum Gasteiger partial charge on any atom is -0.353 e. The van der Waals surface area contributed by atoms with Crippen molar-refractivity contribution in [3.63, 3.8) is 0 Å². The van der Waals surface area contributed by atoms with Crippen LogP contribution in [0.1, 0.15) is 17.4 Å². The maximum Gasteiger partial charge on any atom is 0.143 e. The van der Waals surface area contributed by atoms with E-state index < -0.39 is 0 Å². The van der Waals surface area contributed by atoms with Gasteiger partial charge in [0.2, 0.25) is 0 Å². The minimum atomic E-state index is 0.231. The predicted molar refractivity (Wildman–Crippen MR) is 104 cm³/mol. The van der Waals surface area contributed by atoms with Gasteiger partial charge in [0, 0.05) is 31.1 Å². The molecular weight excluding hydrogens is 332 g/mol. The number of ketones is 1. The standard InChI is InChI=1S/C19H22N4OS/c1-13(24)12-22-7-9-23(10-8-22)18-15-11-14(2)25-19(15)21-17-6-4-3-5-16(17)20-18/h3-6,11,21H,7-10,12H2,1-2H3. The summed E-state index contributed by atoms with van der Waals surface area (Å²) in [5, 5.41) is 4.71. The van der Waals surface area contributed by atoms with E-state index in [0.717, 1.165) is 48.4 Å². The Morgan fingerprint density at radius 1 is 1.24 bits per heavy atom. The van der Waals surface area contributed by atoms with Gasteiger partial charge in [0.1, 0.15) is 16.6 Å². The number of hydrogen-bond acceptors (Lipinski definition) is 6. The Hall–Kier alpha value is -2.18. The molecule has 2 aromatic rings. The molecule has 1 aromatic carbocycles. The summed E-state index contributed by atoms with van der Waals surface area (Å²) in [4.78, 5) is 22.2. The lowest BCUT2D eigenvalue weighted by molar-refractivity contribution is -0.118. The summed E-state index contributed by atoms with van der Waals surface area (Å²) in [5.74, 6) is 1.27. The Kier molecular flexibility index (Phi) is 4.31. The molecule has 0 saturated carbocycles. The highest BCUT2D eigenvalue weighted by molar-refractivity contribution is 7.16. The molecule has 0 aliphatic carbocycles. The van der Waals surface area contributed by atoms with E-state index >= 15 is 0 Å². The molecule has 0 bridgehead atoms. The van der Waals surface area contributed by atoms with Crippen molar-refractivity contribution in [3.05, 3.63) is 40.8 Å². The number of anilines is 2. The highest BCUT2D eigenvalue weighted by Gasteiger charge is 2.26. The Bertz CT molecular complexity index is 834. The lowest BCUT2D eigenvalue weighted by Crippen LogP contribution is -2.49. The number of amidine groups is 1. The van der Waals surface area contributed by atoms with Crippen molar-refractivity contribution >= 4 is 39.3 Å². The second-order valence-electron chi connectivity index (χ2n) is 6.64. The van der Waals surface area contributed by atoms with E-state index in [2.05, 4.69) is 40.2 Å². The summed E-state index contributed by atoms with van der Waals surface area (Å²) >= 11 is 1.77. The highest BCUT2D eigenvalue weighted by atomic mass is 32.1. The Morgan fingerprint density at radius 2 is 2.00 bits per heavy atom. The van der Waals surface area contributed by atoms with E-state index in [4.69, 9.17) is 4.99 Å². The number of piperazine rings is 1. The molecule has 0 atom stereocenters. The molecule has 5 nitrogen and oxygen atoms in total. The van der Waals surface area contributed by atoms with Crippen LogP contribution in [0.25, 0.3) is 0 Å². The molecule has 0 radical (unpaired) electrons. The van der Waals surface area contributed by atoms with Crippen molar-refractivity contribution in [1.82, 2.24) is 9.80 Å². The fourth-order valence-corrected chi connectivity index (χ4v) is 4.34. The number of nitrogens with one attached hydrogen (secondary N) is 1. The van der Waals surface area contributed by atoms with Crippen molar-refractivity contribution in [3.8, 4) is 0 Å². The quantitative estimate of drug-likeness (QED) is 0.898. The van der Waals surface area contributed by atoms with Crippen molar-refractivity contribution in [1.29, 1.82) is 0 Å². The van der Waals surface area contributed by atoms with Gasteiger partial charge in [-0.2, -0.15) is 0 Å². The number of Topliss-reactive ketones (excluding diaryl/α,β-unsaturated/α-hetero) is 1. The van der Waals surface area contributed by atoms with Crippen LogP contribution in [0.15, 0.2) is 35.3 Å². The third-order valence-electron chi connectivity index (χ3n) is 4.59. The van der Waals surface area contributed by atoms with Crippen molar-refractivity contribution in [2.45, 2.75) is 13.8 Å². The third kappa shape index (κ3) is 3.32. The van der Waals surface area contributed by atoms with Gasteiger partial charge in [0.05, 0.1) is 23.5 Å². The largest absolute Gasteiger partial charge is 0.353 e. The number of para-hydroxylation sites is 2. The zero-order chi connectivity index (χ0) is 17.4. The molecule has 0 unspecified atom stereocenters. The van der Waals surface area contributed by atoms with Crippen molar-refractivity contribution in [2.75, 3.05) is 38.0 Å². The Labute approximate surface area is 152 Å². The van der Waals surface area contributed by atoms with Crippen molar-refractivity contribution < 1.29 is 4.79 Å². The fraction of sp³-hybridized carbons (Fsp3) is 0.368. The molecule has 2 aliphatic rings. The first-order chi connectivity index (χ1) is 12.1. The highest BCUT2D eigenvalue weighted by Crippen LogP contribution is 2.39. The maximum absolute atomic E-state index is 11.4. The summed E-state index contributed by atoms with van der Waals surface area (Å²) in [5.41, 5.74) is 3.21. The minimum absolute atomic E-state index is 0.231. The number of benzene rings is 1. The number of carbonyl (C=O) groups is 1. The molecule has 25 heavy (non-hydrogen) atoms. The van der Waals surface area contributed by atoms with Crippen LogP contribution < -0.4 is 5.32 Å². The number of hydrogen-bond donors (Lipinski definition) is 1. The maximum atomic E-state index is 11.4. The summed E-state index contributed by atoms with van der Waals surface area (Å²) in [6.07, 6.45) is 0. The molecule has 1 aromatic heterocycles. The number of nitrogens with zero attached hydrogens (tertiary/aromatic N) is 3. The lowest BCUT2D eigenvalue weighted by Gasteiger charge is -2.36. The Balaban J connectivity index is 1.66. The normalized spacial score (nSPS) is 17.2. The van der Waals surface area contributed by atoms with Gasteiger partial charge >= 0.3 is 0 Å². The van der Waals surface area contributed by atoms with Crippen LogP contribution in [-0.4, -0.2) is 54.1 Å². The van der Waals surface area contributed by atoms with Crippen LogP contribution in [0.5, 0.6) is 0 Å². The lowest BCUT2D eigenvalue weighted by atomic mass is 10.2. The van der Waals surface area contributed by atoms with E-state index in [-0.39, 0.29) is 5.78 Å². The molecule has 1 fully saturated rings. The van der Waals surface area contributed by atoms with Crippen LogP contribution in [0.4, 0.5) is 16.4 Å². The monoisotopic (exact) mass is 354 g/mol. The molecule has 1 saturated heterocycles. The molecular formula is C19H22N4OS. The molecule has 0 amide bonds. The number of fused-ring (bicyclic) bond motifs is 2. The van der Waals surface area contributed by atoms with E-state index in [1.54, 1.807) is 18.3 Å². The number of aryl methyl sites for hydroxylation is 1. The molecule has 2 aliphatic heterocycles. The van der Waals surface area contributed by atoms with Gasteiger partial charge in [-0.05, 0) is 32.0 Å². The van der Waals surface area contributed by atoms with Crippen molar-refractivity contribution in [2.24, 2.45) is 4.99 Å². The van der Waals surface area contributed by atoms with Crippen LogP contribution in [-0.2, 0) is 4.79 Å². The van der Waals surface area contributed by atoms with Gasteiger partial charge in [-0.1, -0.05) is 12.1 Å². The number of carbonyl (C=O) groups excluding carboxylic acids is 1.